The van der Waals surface area contributed by atoms with Crippen molar-refractivity contribution in [2.45, 2.75) is 61.9 Å². The van der Waals surface area contributed by atoms with Gasteiger partial charge in [0.15, 0.2) is 0 Å². The molecule has 0 unspecified atom stereocenters. The van der Waals surface area contributed by atoms with E-state index >= 15 is 0 Å². The Bertz CT molecular complexity index is 851. The average molecular weight is 437 g/mol. The number of carbonyl (C=O) groups is 2. The molecule has 2 aliphatic rings. The van der Waals surface area contributed by atoms with E-state index in [-0.39, 0.29) is 29.8 Å². The molecule has 166 valence electrons. The van der Waals surface area contributed by atoms with Gasteiger partial charge in [0.2, 0.25) is 21.8 Å². The number of piperidine rings is 1. The predicted molar refractivity (Wildman–Crippen MR) is 114 cm³/mol. The van der Waals surface area contributed by atoms with Crippen molar-refractivity contribution >= 4 is 21.8 Å². The zero-order chi connectivity index (χ0) is 21.8. The molecule has 2 aliphatic heterocycles. The Hall–Kier alpha value is -1.97. The molecule has 2 amide bonds. The number of nitrogens with zero attached hydrogens (tertiary/aromatic N) is 2. The van der Waals surface area contributed by atoms with Crippen LogP contribution in [0, 0.1) is 0 Å². The largest absolute Gasteiger partial charge is 0.342 e. The molecular weight excluding hydrogens is 404 g/mol. The first-order valence-corrected chi connectivity index (χ1v) is 12.2. The van der Waals surface area contributed by atoms with Gasteiger partial charge in [0.05, 0.1) is 4.90 Å². The van der Waals surface area contributed by atoms with E-state index in [4.69, 9.17) is 5.73 Å². The minimum Gasteiger partial charge on any atom is -0.342 e. The van der Waals surface area contributed by atoms with Crippen LogP contribution in [0.3, 0.4) is 0 Å². The maximum absolute atomic E-state index is 13.2. The van der Waals surface area contributed by atoms with Crippen LogP contribution in [-0.2, 0) is 19.6 Å². The lowest BCUT2D eigenvalue weighted by atomic mass is 9.81. The van der Waals surface area contributed by atoms with Crippen LogP contribution in [0.2, 0.25) is 0 Å². The Balaban J connectivity index is 1.77. The number of piperazine rings is 1. The van der Waals surface area contributed by atoms with E-state index in [0.717, 1.165) is 19.3 Å². The number of carbonyl (C=O) groups excluding carboxylic acids is 2. The molecule has 30 heavy (non-hydrogen) atoms. The minimum absolute atomic E-state index is 0.0622. The maximum atomic E-state index is 13.2. The number of sulfonamides is 1. The van der Waals surface area contributed by atoms with Crippen molar-refractivity contribution in [2.24, 2.45) is 5.73 Å². The van der Waals surface area contributed by atoms with Gasteiger partial charge < -0.3 is 16.0 Å². The predicted octanol–water partition coefficient (Wildman–Crippen LogP) is 1.08. The minimum atomic E-state index is -3.62. The van der Waals surface area contributed by atoms with Gasteiger partial charge in [-0.2, -0.15) is 4.31 Å². The Morgan fingerprint density at radius 3 is 2.40 bits per heavy atom. The Kier molecular flexibility index (Phi) is 7.15. The fourth-order valence-electron chi connectivity index (χ4n) is 4.45. The number of benzene rings is 1. The van der Waals surface area contributed by atoms with E-state index in [1.54, 1.807) is 35.2 Å². The van der Waals surface area contributed by atoms with Crippen LogP contribution in [0.5, 0.6) is 0 Å². The third-order valence-electron chi connectivity index (χ3n) is 6.13. The third kappa shape index (κ3) is 4.24. The number of hydrogen-bond acceptors (Lipinski definition) is 5. The van der Waals surface area contributed by atoms with E-state index in [2.05, 4.69) is 5.32 Å². The van der Waals surface area contributed by atoms with Crippen molar-refractivity contribution in [3.05, 3.63) is 30.3 Å². The van der Waals surface area contributed by atoms with Gasteiger partial charge in [-0.25, -0.2) is 8.42 Å². The Morgan fingerprint density at radius 1 is 1.13 bits per heavy atom. The molecule has 1 aromatic rings. The van der Waals surface area contributed by atoms with E-state index in [9.17, 15) is 18.0 Å². The highest BCUT2D eigenvalue weighted by Gasteiger charge is 2.54. The van der Waals surface area contributed by atoms with Crippen molar-refractivity contribution in [1.82, 2.24) is 14.5 Å². The van der Waals surface area contributed by atoms with Crippen LogP contribution in [0.15, 0.2) is 35.2 Å². The summed E-state index contributed by atoms with van der Waals surface area (Å²) in [5.41, 5.74) is 4.57. The highest BCUT2D eigenvalue weighted by atomic mass is 32.2. The molecule has 3 rings (SSSR count). The first-order chi connectivity index (χ1) is 14.4. The number of unbranched alkanes of at least 4 members (excludes halogenated alkanes) is 1. The fourth-order valence-corrected chi connectivity index (χ4v) is 5.91. The van der Waals surface area contributed by atoms with Crippen molar-refractivity contribution in [3.63, 3.8) is 0 Å². The molecule has 0 aliphatic carbocycles. The molecular formula is C21H32N4O4S. The number of nitrogens with two attached hydrogens (primary N) is 1. The average Bonchev–Trinajstić information content (AvgIpc) is 2.76. The summed E-state index contributed by atoms with van der Waals surface area (Å²) in [6.45, 7) is 3.44. The highest BCUT2D eigenvalue weighted by Crippen LogP contribution is 2.35. The van der Waals surface area contributed by atoms with Gasteiger partial charge in [-0.05, 0) is 57.2 Å². The lowest BCUT2D eigenvalue weighted by Gasteiger charge is -2.51. The van der Waals surface area contributed by atoms with Gasteiger partial charge >= 0.3 is 0 Å². The van der Waals surface area contributed by atoms with Crippen molar-refractivity contribution in [1.29, 1.82) is 0 Å². The summed E-state index contributed by atoms with van der Waals surface area (Å²) in [4.78, 5) is 28.3. The molecule has 0 saturated carbocycles. The lowest BCUT2D eigenvalue weighted by Crippen LogP contribution is -2.73. The van der Waals surface area contributed by atoms with Crippen LogP contribution < -0.4 is 11.1 Å². The molecule has 2 heterocycles. The van der Waals surface area contributed by atoms with E-state index in [1.165, 1.54) is 4.31 Å². The summed E-state index contributed by atoms with van der Waals surface area (Å²) in [6.07, 6.45) is 3.50. The van der Waals surface area contributed by atoms with Gasteiger partial charge in [0, 0.05) is 19.6 Å². The summed E-state index contributed by atoms with van der Waals surface area (Å²) in [6, 6.07) is 7.79. The molecule has 0 aromatic heterocycles. The summed E-state index contributed by atoms with van der Waals surface area (Å²) < 4.78 is 27.3. The number of nitrogens with one attached hydrogen (secondary N) is 1. The smallest absolute Gasteiger partial charge is 0.246 e. The summed E-state index contributed by atoms with van der Waals surface area (Å²) in [5, 5.41) is 2.92. The van der Waals surface area contributed by atoms with Crippen molar-refractivity contribution < 1.29 is 18.0 Å². The van der Waals surface area contributed by atoms with Gasteiger partial charge in [0.1, 0.15) is 11.6 Å². The molecule has 3 N–H and O–H groups in total. The lowest BCUT2D eigenvalue weighted by molar-refractivity contribution is -0.160. The second kappa shape index (κ2) is 9.45. The zero-order valence-electron chi connectivity index (χ0n) is 17.5. The summed E-state index contributed by atoms with van der Waals surface area (Å²) in [7, 11) is -3.62. The molecule has 2 saturated heterocycles. The van der Waals surface area contributed by atoms with E-state index in [1.807, 2.05) is 6.92 Å². The van der Waals surface area contributed by atoms with Gasteiger partial charge in [-0.15, -0.1) is 0 Å². The van der Waals surface area contributed by atoms with Crippen LogP contribution >= 0.6 is 0 Å². The number of amides is 2. The van der Waals surface area contributed by atoms with Crippen LogP contribution in [0.4, 0.5) is 0 Å². The first kappa shape index (κ1) is 22.7. The third-order valence-corrected chi connectivity index (χ3v) is 8.05. The Labute approximate surface area is 178 Å². The van der Waals surface area contributed by atoms with Crippen molar-refractivity contribution in [3.8, 4) is 0 Å². The molecule has 9 heteroatoms. The molecule has 1 aromatic carbocycles. The number of hydrogen-bond donors (Lipinski definition) is 2. The van der Waals surface area contributed by atoms with Crippen LogP contribution in [-0.4, -0.2) is 67.2 Å². The van der Waals surface area contributed by atoms with Gasteiger partial charge in [-0.3, -0.25) is 9.59 Å². The molecule has 8 nitrogen and oxygen atoms in total. The van der Waals surface area contributed by atoms with Gasteiger partial charge in [-0.1, -0.05) is 25.1 Å². The summed E-state index contributed by atoms with van der Waals surface area (Å²) in [5.74, 6) is -0.224. The first-order valence-electron chi connectivity index (χ1n) is 10.7. The standard InChI is InChI=1S/C21H32N4O4S/c1-2-14-25-19(26)18(10-6-7-13-22)23-20(27)21(25)11-15-24(16-12-21)30(28,29)17-8-4-3-5-9-17/h3-5,8-9,18H,2,6-7,10-16,22H2,1H3,(H,23,27)/t18-/m0/s1. The fraction of sp³-hybridized carbons (Fsp3) is 0.619. The van der Waals surface area contributed by atoms with Crippen LogP contribution in [0.25, 0.3) is 0 Å². The van der Waals surface area contributed by atoms with E-state index in [0.29, 0.717) is 32.4 Å². The number of rotatable bonds is 8. The molecule has 0 bridgehead atoms. The highest BCUT2D eigenvalue weighted by molar-refractivity contribution is 7.89. The maximum Gasteiger partial charge on any atom is 0.246 e. The SMILES string of the molecule is CCCN1C(=O)[C@H](CCCCN)NC(=O)C12CCN(S(=O)(=O)c1ccccc1)CC2. The van der Waals surface area contributed by atoms with Gasteiger partial charge in [0.25, 0.3) is 0 Å². The van der Waals surface area contributed by atoms with Crippen LogP contribution in [0.1, 0.15) is 45.4 Å². The zero-order valence-corrected chi connectivity index (χ0v) is 18.4. The molecule has 0 radical (unpaired) electrons. The van der Waals surface area contributed by atoms with Crippen molar-refractivity contribution in [2.75, 3.05) is 26.2 Å². The summed E-state index contributed by atoms with van der Waals surface area (Å²) >= 11 is 0. The molecule has 1 atom stereocenters. The van der Waals surface area contributed by atoms with E-state index < -0.39 is 21.6 Å². The molecule has 1 spiro atoms. The second-order valence-corrected chi connectivity index (χ2v) is 9.99. The monoisotopic (exact) mass is 436 g/mol. The quantitative estimate of drug-likeness (QED) is 0.592. The normalized spacial score (nSPS) is 22.3. The Morgan fingerprint density at radius 2 is 1.80 bits per heavy atom. The topological polar surface area (TPSA) is 113 Å². The second-order valence-electron chi connectivity index (χ2n) is 8.05. The molecule has 2 fully saturated rings.